The summed E-state index contributed by atoms with van der Waals surface area (Å²) in [6.07, 6.45) is 0. The third-order valence-corrected chi connectivity index (χ3v) is 6.73. The molecule has 0 fully saturated rings. The molecule has 0 aromatic heterocycles. The SMILES string of the molecule is COc1cc(OC)c(N(C)S(=O)(=O)c2cccc(C(=O)Nc3ccccc3F)c2)cc1Cl. The third-order valence-electron chi connectivity index (χ3n) is 4.67. The van der Waals surface area contributed by atoms with Crippen molar-refractivity contribution in [2.75, 3.05) is 30.9 Å². The number of rotatable bonds is 7. The highest BCUT2D eigenvalue weighted by molar-refractivity contribution is 7.92. The lowest BCUT2D eigenvalue weighted by molar-refractivity contribution is 0.102. The lowest BCUT2D eigenvalue weighted by Gasteiger charge is -2.23. The van der Waals surface area contributed by atoms with Gasteiger partial charge in [0.1, 0.15) is 17.3 Å². The molecular weight excluding hydrogens is 459 g/mol. The van der Waals surface area contributed by atoms with Crippen LogP contribution in [0.3, 0.4) is 0 Å². The number of hydrogen-bond acceptors (Lipinski definition) is 5. The molecule has 0 atom stereocenters. The summed E-state index contributed by atoms with van der Waals surface area (Å²) in [6, 6.07) is 14.0. The number of hydrogen-bond donors (Lipinski definition) is 1. The molecule has 0 heterocycles. The van der Waals surface area contributed by atoms with Crippen molar-refractivity contribution in [2.24, 2.45) is 0 Å². The van der Waals surface area contributed by atoms with Crippen LogP contribution in [0.2, 0.25) is 5.02 Å². The Hall–Kier alpha value is -3.30. The summed E-state index contributed by atoms with van der Waals surface area (Å²) < 4.78 is 51.8. The zero-order valence-corrected chi connectivity index (χ0v) is 19.0. The van der Waals surface area contributed by atoms with Crippen molar-refractivity contribution in [3.63, 3.8) is 0 Å². The zero-order valence-electron chi connectivity index (χ0n) is 17.4. The maximum absolute atomic E-state index is 13.8. The first-order chi connectivity index (χ1) is 15.2. The molecule has 0 unspecified atom stereocenters. The topological polar surface area (TPSA) is 84.9 Å². The van der Waals surface area contributed by atoms with Gasteiger partial charge >= 0.3 is 0 Å². The highest BCUT2D eigenvalue weighted by Crippen LogP contribution is 2.39. The van der Waals surface area contributed by atoms with E-state index in [2.05, 4.69) is 5.32 Å². The Morgan fingerprint density at radius 1 is 1.00 bits per heavy atom. The molecule has 0 aliphatic rings. The van der Waals surface area contributed by atoms with Crippen molar-refractivity contribution in [2.45, 2.75) is 4.90 Å². The first kappa shape index (κ1) is 23.4. The van der Waals surface area contributed by atoms with Crippen molar-refractivity contribution in [1.29, 1.82) is 0 Å². The maximum Gasteiger partial charge on any atom is 0.264 e. The fourth-order valence-corrected chi connectivity index (χ4v) is 4.41. The van der Waals surface area contributed by atoms with E-state index in [1.165, 1.54) is 75.9 Å². The average Bonchev–Trinajstić information content (AvgIpc) is 2.79. The van der Waals surface area contributed by atoms with E-state index >= 15 is 0 Å². The molecule has 168 valence electrons. The van der Waals surface area contributed by atoms with E-state index in [0.29, 0.717) is 5.75 Å². The third kappa shape index (κ3) is 4.63. The summed E-state index contributed by atoms with van der Waals surface area (Å²) in [5.74, 6) is -0.705. The molecule has 1 N–H and O–H groups in total. The summed E-state index contributed by atoms with van der Waals surface area (Å²) in [5.41, 5.74) is 0.211. The monoisotopic (exact) mass is 478 g/mol. The summed E-state index contributed by atoms with van der Waals surface area (Å²) in [4.78, 5) is 12.4. The molecule has 0 aliphatic heterocycles. The highest BCUT2D eigenvalue weighted by Gasteiger charge is 2.26. The number of ether oxygens (including phenoxy) is 2. The number of carbonyl (C=O) groups is 1. The van der Waals surface area contributed by atoms with Crippen LogP contribution in [-0.2, 0) is 10.0 Å². The number of nitrogens with one attached hydrogen (secondary N) is 1. The van der Waals surface area contributed by atoms with Crippen molar-refractivity contribution >= 4 is 38.9 Å². The minimum Gasteiger partial charge on any atom is -0.495 e. The van der Waals surface area contributed by atoms with Crippen molar-refractivity contribution in [3.05, 3.63) is 77.1 Å². The van der Waals surface area contributed by atoms with Crippen LogP contribution < -0.4 is 19.1 Å². The number of para-hydroxylation sites is 1. The smallest absolute Gasteiger partial charge is 0.264 e. The largest absolute Gasteiger partial charge is 0.495 e. The first-order valence-corrected chi connectivity index (χ1v) is 11.1. The van der Waals surface area contributed by atoms with E-state index in [9.17, 15) is 17.6 Å². The molecule has 3 rings (SSSR count). The second-order valence-corrected chi connectivity index (χ2v) is 8.97. The second kappa shape index (κ2) is 9.46. The summed E-state index contributed by atoms with van der Waals surface area (Å²) in [6.45, 7) is 0. The normalized spacial score (nSPS) is 11.0. The Morgan fingerprint density at radius 2 is 1.69 bits per heavy atom. The van der Waals surface area contributed by atoms with Crippen LogP contribution in [0.4, 0.5) is 15.8 Å². The summed E-state index contributed by atoms with van der Waals surface area (Å²) >= 11 is 6.17. The van der Waals surface area contributed by atoms with Gasteiger partial charge in [-0.25, -0.2) is 12.8 Å². The van der Waals surface area contributed by atoms with Gasteiger partial charge in [0.2, 0.25) is 0 Å². The number of carbonyl (C=O) groups excluding carboxylic acids is 1. The number of nitrogens with zero attached hydrogens (tertiary/aromatic N) is 1. The number of amides is 1. The molecule has 0 spiro atoms. The zero-order chi connectivity index (χ0) is 23.5. The van der Waals surface area contributed by atoms with Gasteiger partial charge < -0.3 is 14.8 Å². The van der Waals surface area contributed by atoms with Crippen LogP contribution in [0.25, 0.3) is 0 Å². The molecule has 32 heavy (non-hydrogen) atoms. The van der Waals surface area contributed by atoms with E-state index in [4.69, 9.17) is 21.1 Å². The number of sulfonamides is 1. The fourth-order valence-electron chi connectivity index (χ4n) is 2.93. The van der Waals surface area contributed by atoms with Gasteiger partial charge in [-0.3, -0.25) is 9.10 Å². The molecule has 3 aromatic carbocycles. The Kier molecular flexibility index (Phi) is 6.90. The molecule has 1 amide bonds. The van der Waals surface area contributed by atoms with Crippen LogP contribution in [0.15, 0.2) is 65.6 Å². The van der Waals surface area contributed by atoms with Crippen LogP contribution in [-0.4, -0.2) is 35.6 Å². The van der Waals surface area contributed by atoms with Crippen molar-refractivity contribution < 1.29 is 27.1 Å². The van der Waals surface area contributed by atoms with Gasteiger partial charge in [-0.1, -0.05) is 29.8 Å². The van der Waals surface area contributed by atoms with Gasteiger partial charge in [-0.15, -0.1) is 0 Å². The minimum atomic E-state index is -4.10. The van der Waals surface area contributed by atoms with Gasteiger partial charge in [-0.05, 0) is 36.4 Å². The lowest BCUT2D eigenvalue weighted by atomic mass is 10.2. The summed E-state index contributed by atoms with van der Waals surface area (Å²) in [7, 11) is 0.0556. The van der Waals surface area contributed by atoms with E-state index < -0.39 is 21.7 Å². The number of anilines is 2. The van der Waals surface area contributed by atoms with Crippen LogP contribution in [0.1, 0.15) is 10.4 Å². The predicted octanol–water partition coefficient (Wildman–Crippen LogP) is 4.57. The molecule has 0 saturated heterocycles. The van der Waals surface area contributed by atoms with Gasteiger partial charge in [0.05, 0.1) is 35.5 Å². The van der Waals surface area contributed by atoms with E-state index in [0.717, 1.165) is 4.31 Å². The van der Waals surface area contributed by atoms with Crippen LogP contribution in [0.5, 0.6) is 11.5 Å². The molecule has 10 heteroatoms. The summed E-state index contributed by atoms with van der Waals surface area (Å²) in [5, 5.41) is 2.63. The minimum absolute atomic E-state index is 0.0134. The Balaban J connectivity index is 1.95. The standard InChI is InChI=1S/C22H20ClFN2O5S/c1-26(19-12-16(23)20(30-2)13-21(19)31-3)32(28,29)15-8-6-7-14(11-15)22(27)25-18-10-5-4-9-17(18)24/h4-13H,1-3H3,(H,25,27). The highest BCUT2D eigenvalue weighted by atomic mass is 35.5. The molecule has 0 saturated carbocycles. The molecule has 7 nitrogen and oxygen atoms in total. The maximum atomic E-state index is 13.8. The number of halogens is 2. The van der Waals surface area contributed by atoms with Gasteiger partial charge in [-0.2, -0.15) is 0 Å². The van der Waals surface area contributed by atoms with E-state index in [1.54, 1.807) is 6.07 Å². The van der Waals surface area contributed by atoms with E-state index in [1.807, 2.05) is 0 Å². The number of benzene rings is 3. The van der Waals surface area contributed by atoms with Crippen molar-refractivity contribution in [3.8, 4) is 11.5 Å². The van der Waals surface area contributed by atoms with E-state index in [-0.39, 0.29) is 32.6 Å². The quantitative estimate of drug-likeness (QED) is 0.537. The fraction of sp³-hybridized carbons (Fsp3) is 0.136. The number of methoxy groups -OCH3 is 2. The second-order valence-electron chi connectivity index (χ2n) is 6.59. The Morgan fingerprint density at radius 3 is 2.34 bits per heavy atom. The van der Waals surface area contributed by atoms with Gasteiger partial charge in [0.25, 0.3) is 15.9 Å². The molecular formula is C22H20ClFN2O5S. The van der Waals surface area contributed by atoms with Crippen LogP contribution in [0, 0.1) is 5.82 Å². The van der Waals surface area contributed by atoms with Crippen molar-refractivity contribution in [1.82, 2.24) is 0 Å². The van der Waals surface area contributed by atoms with Gasteiger partial charge in [0.15, 0.2) is 0 Å². The molecule has 0 radical (unpaired) electrons. The Bertz CT molecular complexity index is 1270. The van der Waals surface area contributed by atoms with Gasteiger partial charge in [0, 0.05) is 18.7 Å². The Labute approximate surface area is 190 Å². The first-order valence-electron chi connectivity index (χ1n) is 9.25. The molecule has 0 bridgehead atoms. The molecule has 0 aliphatic carbocycles. The lowest BCUT2D eigenvalue weighted by Crippen LogP contribution is -2.27. The molecule has 3 aromatic rings. The average molecular weight is 479 g/mol. The predicted molar refractivity (Wildman–Crippen MR) is 121 cm³/mol. The van der Waals surface area contributed by atoms with Crippen LogP contribution >= 0.6 is 11.6 Å².